The Balaban J connectivity index is 1.45. The van der Waals surface area contributed by atoms with Crippen molar-refractivity contribution in [3.63, 3.8) is 0 Å². The number of anilines is 2. The molecule has 0 spiro atoms. The molecule has 126 valence electrons. The van der Waals surface area contributed by atoms with E-state index in [1.165, 1.54) is 5.56 Å². The molecule has 2 aromatic carbocycles. The Hall–Kier alpha value is -2.89. The van der Waals surface area contributed by atoms with E-state index in [2.05, 4.69) is 39.8 Å². The van der Waals surface area contributed by atoms with Crippen LogP contribution in [0.4, 0.5) is 16.2 Å². The van der Waals surface area contributed by atoms with Gasteiger partial charge in [-0.1, -0.05) is 12.1 Å². The lowest BCUT2D eigenvalue weighted by Gasteiger charge is -2.13. The molecule has 0 aliphatic carbocycles. The van der Waals surface area contributed by atoms with Gasteiger partial charge >= 0.3 is 6.03 Å². The lowest BCUT2D eigenvalue weighted by atomic mass is 10.1. The minimum Gasteiger partial charge on any atom is -0.454 e. The maximum absolute atomic E-state index is 11.9. The Morgan fingerprint density at radius 1 is 1.08 bits per heavy atom. The first-order valence-corrected chi connectivity index (χ1v) is 7.82. The topological polar surface area (TPSA) is 62.8 Å². The van der Waals surface area contributed by atoms with Gasteiger partial charge in [0.05, 0.1) is 0 Å². The average Bonchev–Trinajstić information content (AvgIpc) is 3.03. The summed E-state index contributed by atoms with van der Waals surface area (Å²) in [6.45, 7) is 0.787. The van der Waals surface area contributed by atoms with Crippen LogP contribution in [0, 0.1) is 0 Å². The summed E-state index contributed by atoms with van der Waals surface area (Å²) < 4.78 is 10.5. The Kier molecular flexibility index (Phi) is 4.74. The molecule has 3 rings (SSSR count). The number of ether oxygens (including phenoxy) is 2. The number of amides is 2. The number of carbonyl (C=O) groups excluding carboxylic acids is 1. The van der Waals surface area contributed by atoms with Gasteiger partial charge in [-0.3, -0.25) is 0 Å². The monoisotopic (exact) mass is 327 g/mol. The van der Waals surface area contributed by atoms with E-state index in [0.29, 0.717) is 23.7 Å². The van der Waals surface area contributed by atoms with Crippen LogP contribution in [-0.2, 0) is 6.42 Å². The van der Waals surface area contributed by atoms with Gasteiger partial charge in [0.15, 0.2) is 11.5 Å². The van der Waals surface area contributed by atoms with Crippen LogP contribution in [0.15, 0.2) is 42.5 Å². The SMILES string of the molecule is CN(C)c1ccc(CCNC(=O)Nc2ccc3c(c2)OCO3)cc1. The zero-order valence-electron chi connectivity index (χ0n) is 13.8. The number of nitrogens with zero attached hydrogens (tertiary/aromatic N) is 1. The van der Waals surface area contributed by atoms with Crippen molar-refractivity contribution in [1.82, 2.24) is 5.32 Å². The second-order valence-electron chi connectivity index (χ2n) is 5.76. The Labute approximate surface area is 141 Å². The van der Waals surface area contributed by atoms with E-state index in [1.807, 2.05) is 14.1 Å². The molecule has 0 fully saturated rings. The quantitative estimate of drug-likeness (QED) is 0.886. The number of carbonyl (C=O) groups is 1. The minimum atomic E-state index is -0.237. The van der Waals surface area contributed by atoms with Crippen LogP contribution in [0.3, 0.4) is 0 Å². The number of rotatable bonds is 5. The van der Waals surface area contributed by atoms with Crippen LogP contribution >= 0.6 is 0 Å². The third kappa shape index (κ3) is 3.90. The number of hydrogen-bond donors (Lipinski definition) is 2. The summed E-state index contributed by atoms with van der Waals surface area (Å²) >= 11 is 0. The highest BCUT2D eigenvalue weighted by atomic mass is 16.7. The molecule has 24 heavy (non-hydrogen) atoms. The molecule has 6 heteroatoms. The summed E-state index contributed by atoms with van der Waals surface area (Å²) in [5, 5.41) is 5.64. The zero-order valence-corrected chi connectivity index (χ0v) is 13.8. The third-order valence-corrected chi connectivity index (χ3v) is 3.78. The van der Waals surface area contributed by atoms with E-state index in [1.54, 1.807) is 18.2 Å². The summed E-state index contributed by atoms with van der Waals surface area (Å²) in [5.74, 6) is 1.34. The molecule has 0 atom stereocenters. The van der Waals surface area contributed by atoms with Gasteiger partial charge in [-0.2, -0.15) is 0 Å². The van der Waals surface area contributed by atoms with E-state index in [4.69, 9.17) is 9.47 Å². The van der Waals surface area contributed by atoms with Crippen molar-refractivity contribution < 1.29 is 14.3 Å². The van der Waals surface area contributed by atoms with E-state index in [9.17, 15) is 4.79 Å². The molecular formula is C18H21N3O3. The minimum absolute atomic E-state index is 0.220. The van der Waals surface area contributed by atoms with Crippen molar-refractivity contribution in [3.8, 4) is 11.5 Å². The van der Waals surface area contributed by atoms with E-state index >= 15 is 0 Å². The van der Waals surface area contributed by atoms with Gasteiger partial charge in [0.2, 0.25) is 6.79 Å². The van der Waals surface area contributed by atoms with Crippen LogP contribution < -0.4 is 25.0 Å². The molecule has 0 unspecified atom stereocenters. The first-order valence-electron chi connectivity index (χ1n) is 7.82. The average molecular weight is 327 g/mol. The van der Waals surface area contributed by atoms with Crippen LogP contribution in [0.1, 0.15) is 5.56 Å². The van der Waals surface area contributed by atoms with Crippen molar-refractivity contribution in [2.24, 2.45) is 0 Å². The Morgan fingerprint density at radius 2 is 1.83 bits per heavy atom. The number of nitrogens with one attached hydrogen (secondary N) is 2. The van der Waals surface area contributed by atoms with Crippen LogP contribution in [0.5, 0.6) is 11.5 Å². The highest BCUT2D eigenvalue weighted by molar-refractivity contribution is 5.89. The largest absolute Gasteiger partial charge is 0.454 e. The van der Waals surface area contributed by atoms with E-state index in [0.717, 1.165) is 12.1 Å². The van der Waals surface area contributed by atoms with E-state index in [-0.39, 0.29) is 12.8 Å². The zero-order chi connectivity index (χ0) is 16.9. The van der Waals surface area contributed by atoms with Crippen molar-refractivity contribution in [2.45, 2.75) is 6.42 Å². The van der Waals surface area contributed by atoms with Crippen molar-refractivity contribution >= 4 is 17.4 Å². The lowest BCUT2D eigenvalue weighted by Crippen LogP contribution is -2.30. The standard InChI is InChI=1S/C18H21N3O3/c1-21(2)15-6-3-13(4-7-15)9-10-19-18(22)20-14-5-8-16-17(11-14)24-12-23-16/h3-8,11H,9-10,12H2,1-2H3,(H2,19,20,22). The molecule has 1 aliphatic heterocycles. The molecule has 0 saturated heterocycles. The maximum Gasteiger partial charge on any atom is 0.319 e. The molecule has 0 radical (unpaired) electrons. The third-order valence-electron chi connectivity index (χ3n) is 3.78. The van der Waals surface area contributed by atoms with Gasteiger partial charge in [0.25, 0.3) is 0 Å². The Bertz CT molecular complexity index is 714. The highest BCUT2D eigenvalue weighted by Crippen LogP contribution is 2.34. The van der Waals surface area contributed by atoms with Gasteiger partial charge in [-0.05, 0) is 36.2 Å². The molecule has 2 aromatic rings. The normalized spacial score (nSPS) is 11.9. The predicted molar refractivity (Wildman–Crippen MR) is 94.1 cm³/mol. The summed E-state index contributed by atoms with van der Waals surface area (Å²) in [7, 11) is 4.02. The summed E-state index contributed by atoms with van der Waals surface area (Å²) in [5.41, 5.74) is 3.02. The summed E-state index contributed by atoms with van der Waals surface area (Å²) in [6, 6.07) is 13.4. The fraction of sp³-hybridized carbons (Fsp3) is 0.278. The van der Waals surface area contributed by atoms with Crippen LogP contribution in [-0.4, -0.2) is 33.5 Å². The molecule has 0 saturated carbocycles. The van der Waals surface area contributed by atoms with Crippen molar-refractivity contribution in [2.75, 3.05) is 37.6 Å². The molecule has 1 heterocycles. The lowest BCUT2D eigenvalue weighted by molar-refractivity contribution is 0.174. The van der Waals surface area contributed by atoms with Gasteiger partial charge in [0.1, 0.15) is 0 Å². The summed E-state index contributed by atoms with van der Waals surface area (Å²) in [6.07, 6.45) is 0.780. The fourth-order valence-electron chi connectivity index (χ4n) is 2.43. The molecule has 6 nitrogen and oxygen atoms in total. The predicted octanol–water partition coefficient (Wildman–Crippen LogP) is 2.85. The number of urea groups is 1. The van der Waals surface area contributed by atoms with E-state index < -0.39 is 0 Å². The van der Waals surface area contributed by atoms with Gasteiger partial charge < -0.3 is 25.0 Å². The first-order chi connectivity index (χ1) is 11.6. The number of hydrogen-bond acceptors (Lipinski definition) is 4. The van der Waals surface area contributed by atoms with Gasteiger partial charge in [-0.15, -0.1) is 0 Å². The Morgan fingerprint density at radius 3 is 2.58 bits per heavy atom. The van der Waals surface area contributed by atoms with Crippen molar-refractivity contribution in [1.29, 1.82) is 0 Å². The maximum atomic E-state index is 11.9. The van der Waals surface area contributed by atoms with Gasteiger partial charge in [0, 0.05) is 38.1 Å². The molecule has 2 N–H and O–H groups in total. The first kappa shape index (κ1) is 16.0. The number of benzene rings is 2. The van der Waals surface area contributed by atoms with Crippen LogP contribution in [0.25, 0.3) is 0 Å². The highest BCUT2D eigenvalue weighted by Gasteiger charge is 2.13. The fourth-order valence-corrected chi connectivity index (χ4v) is 2.43. The smallest absolute Gasteiger partial charge is 0.319 e. The summed E-state index contributed by atoms with van der Waals surface area (Å²) in [4.78, 5) is 14.0. The molecular weight excluding hydrogens is 306 g/mol. The van der Waals surface area contributed by atoms with Gasteiger partial charge in [-0.25, -0.2) is 4.79 Å². The second kappa shape index (κ2) is 7.12. The number of fused-ring (bicyclic) bond motifs is 1. The molecule has 2 amide bonds. The molecule has 0 bridgehead atoms. The molecule has 1 aliphatic rings. The van der Waals surface area contributed by atoms with Crippen LogP contribution in [0.2, 0.25) is 0 Å². The second-order valence-corrected chi connectivity index (χ2v) is 5.76. The molecule has 0 aromatic heterocycles. The van der Waals surface area contributed by atoms with Crippen molar-refractivity contribution in [3.05, 3.63) is 48.0 Å².